The molecule has 1 unspecified atom stereocenters. The maximum absolute atomic E-state index is 10.3. The highest BCUT2D eigenvalue weighted by molar-refractivity contribution is 6.69. The van der Waals surface area contributed by atoms with Gasteiger partial charge in [0.15, 0.2) is 0 Å². The van der Waals surface area contributed by atoms with E-state index in [1.165, 1.54) is 0 Å². The Labute approximate surface area is 65.3 Å². The van der Waals surface area contributed by atoms with Crippen LogP contribution in [0.4, 0.5) is 0 Å². The number of halogens is 2. The Hall–Kier alpha value is 0.250. The Morgan fingerprint density at radius 1 is 1.67 bits per heavy atom. The van der Waals surface area contributed by atoms with Crippen LogP contribution < -0.4 is 0 Å². The molecule has 9 heavy (non-hydrogen) atoms. The molecule has 0 fully saturated rings. The van der Waals surface area contributed by atoms with Gasteiger partial charge in [-0.15, -0.1) is 11.6 Å². The molecule has 0 aliphatic heterocycles. The van der Waals surface area contributed by atoms with Gasteiger partial charge in [0.2, 0.25) is 5.24 Å². The van der Waals surface area contributed by atoms with Crippen LogP contribution in [-0.2, 0) is 4.79 Å². The first kappa shape index (κ1) is 9.25. The van der Waals surface area contributed by atoms with Crippen molar-refractivity contribution in [3.63, 3.8) is 0 Å². The Bertz CT molecular complexity index is 93.1. The minimum atomic E-state index is -0.480. The highest BCUT2D eigenvalue weighted by atomic mass is 35.5. The third kappa shape index (κ3) is 4.73. The van der Waals surface area contributed by atoms with Crippen molar-refractivity contribution in [2.24, 2.45) is 0 Å². The van der Waals surface area contributed by atoms with Gasteiger partial charge in [-0.3, -0.25) is 4.79 Å². The molecule has 1 nitrogen and oxygen atoms in total. The van der Waals surface area contributed by atoms with E-state index < -0.39 is 10.6 Å². The average molecular weight is 169 g/mol. The summed E-state index contributed by atoms with van der Waals surface area (Å²) in [6.45, 7) is 2.04. The van der Waals surface area contributed by atoms with E-state index in [1.54, 1.807) is 0 Å². The Morgan fingerprint density at radius 3 is 2.56 bits per heavy atom. The van der Waals surface area contributed by atoms with E-state index in [2.05, 4.69) is 0 Å². The summed E-state index contributed by atoms with van der Waals surface area (Å²) in [5.41, 5.74) is 0. The van der Waals surface area contributed by atoms with Gasteiger partial charge >= 0.3 is 0 Å². The second kappa shape index (κ2) is 5.07. The van der Waals surface area contributed by atoms with Crippen molar-refractivity contribution in [1.29, 1.82) is 0 Å². The Morgan fingerprint density at radius 2 is 2.22 bits per heavy atom. The molecular formula is C6H10Cl2O. The lowest BCUT2D eigenvalue weighted by molar-refractivity contribution is -0.111. The molecule has 0 saturated carbocycles. The van der Waals surface area contributed by atoms with Gasteiger partial charge in [0.1, 0.15) is 5.38 Å². The number of hydrogen-bond acceptors (Lipinski definition) is 1. The van der Waals surface area contributed by atoms with Crippen LogP contribution in [0.15, 0.2) is 0 Å². The van der Waals surface area contributed by atoms with Crippen LogP contribution >= 0.6 is 23.2 Å². The van der Waals surface area contributed by atoms with Crippen LogP contribution in [0.2, 0.25) is 0 Å². The molecule has 0 N–H and O–H groups in total. The molecule has 0 aliphatic carbocycles. The zero-order chi connectivity index (χ0) is 7.28. The van der Waals surface area contributed by atoms with Gasteiger partial charge in [0.05, 0.1) is 0 Å². The summed E-state index contributed by atoms with van der Waals surface area (Å²) in [5, 5.41) is -0.920. The van der Waals surface area contributed by atoms with Crippen LogP contribution in [0.3, 0.4) is 0 Å². The maximum atomic E-state index is 10.3. The average Bonchev–Trinajstić information content (AvgIpc) is 1.82. The fourth-order valence-corrected chi connectivity index (χ4v) is 0.760. The molecule has 0 aromatic heterocycles. The molecule has 0 rings (SSSR count). The first-order chi connectivity index (χ1) is 4.18. The van der Waals surface area contributed by atoms with E-state index in [-0.39, 0.29) is 0 Å². The lowest BCUT2D eigenvalue weighted by Gasteiger charge is -1.99. The molecule has 0 heterocycles. The van der Waals surface area contributed by atoms with Crippen LogP contribution in [-0.4, -0.2) is 10.6 Å². The fourth-order valence-electron chi connectivity index (χ4n) is 0.497. The van der Waals surface area contributed by atoms with Crippen LogP contribution in [0, 0.1) is 0 Å². The molecule has 0 aromatic rings. The molecule has 0 amide bonds. The van der Waals surface area contributed by atoms with Gasteiger partial charge in [-0.1, -0.05) is 19.8 Å². The monoisotopic (exact) mass is 168 g/mol. The van der Waals surface area contributed by atoms with Gasteiger partial charge in [0.25, 0.3) is 0 Å². The van der Waals surface area contributed by atoms with Crippen LogP contribution in [0.1, 0.15) is 26.2 Å². The topological polar surface area (TPSA) is 17.1 Å². The quantitative estimate of drug-likeness (QED) is 0.466. The third-order valence-electron chi connectivity index (χ3n) is 1.06. The lowest BCUT2D eigenvalue weighted by Crippen LogP contribution is -2.06. The van der Waals surface area contributed by atoms with Gasteiger partial charge in [0, 0.05) is 0 Å². The number of unbranched alkanes of at least 4 members (excludes halogenated alkanes) is 1. The Kier molecular flexibility index (Phi) is 5.21. The van der Waals surface area contributed by atoms with E-state index in [9.17, 15) is 4.79 Å². The molecular weight excluding hydrogens is 159 g/mol. The van der Waals surface area contributed by atoms with Crippen molar-refractivity contribution in [2.45, 2.75) is 31.6 Å². The predicted molar refractivity (Wildman–Crippen MR) is 40.0 cm³/mol. The molecule has 1 atom stereocenters. The van der Waals surface area contributed by atoms with Crippen LogP contribution in [0.5, 0.6) is 0 Å². The van der Waals surface area contributed by atoms with Crippen molar-refractivity contribution in [3.05, 3.63) is 0 Å². The molecule has 0 radical (unpaired) electrons. The molecule has 0 spiro atoms. The first-order valence-electron chi connectivity index (χ1n) is 3.02. The van der Waals surface area contributed by atoms with Crippen molar-refractivity contribution < 1.29 is 4.79 Å². The van der Waals surface area contributed by atoms with Gasteiger partial charge < -0.3 is 0 Å². The zero-order valence-electron chi connectivity index (χ0n) is 5.36. The zero-order valence-corrected chi connectivity index (χ0v) is 6.87. The summed E-state index contributed by atoms with van der Waals surface area (Å²) >= 11 is 10.6. The second-order valence-electron chi connectivity index (χ2n) is 1.91. The largest absolute Gasteiger partial charge is 0.280 e. The first-order valence-corrected chi connectivity index (χ1v) is 3.83. The van der Waals surface area contributed by atoms with Gasteiger partial charge in [-0.05, 0) is 18.0 Å². The van der Waals surface area contributed by atoms with E-state index >= 15 is 0 Å². The third-order valence-corrected chi connectivity index (χ3v) is 1.85. The van der Waals surface area contributed by atoms with Gasteiger partial charge in [-0.2, -0.15) is 0 Å². The Balaban J connectivity index is 3.27. The summed E-state index contributed by atoms with van der Waals surface area (Å²) in [6, 6.07) is 0. The molecule has 0 saturated heterocycles. The number of rotatable bonds is 4. The smallest absolute Gasteiger partial charge is 0.239 e. The summed E-state index contributed by atoms with van der Waals surface area (Å²) in [7, 11) is 0. The lowest BCUT2D eigenvalue weighted by atomic mass is 10.2. The summed E-state index contributed by atoms with van der Waals surface area (Å²) < 4.78 is 0. The fraction of sp³-hybridized carbons (Fsp3) is 0.833. The highest BCUT2D eigenvalue weighted by Crippen LogP contribution is 2.09. The summed E-state index contributed by atoms with van der Waals surface area (Å²) in [4.78, 5) is 10.3. The number of hydrogen-bond donors (Lipinski definition) is 0. The molecule has 0 aliphatic rings. The van der Waals surface area contributed by atoms with Gasteiger partial charge in [-0.25, -0.2) is 0 Å². The van der Waals surface area contributed by atoms with Crippen molar-refractivity contribution in [3.8, 4) is 0 Å². The van der Waals surface area contributed by atoms with Crippen LogP contribution in [0.25, 0.3) is 0 Å². The van der Waals surface area contributed by atoms with Crippen molar-refractivity contribution in [2.75, 3.05) is 0 Å². The van der Waals surface area contributed by atoms with E-state index in [1.807, 2.05) is 6.92 Å². The normalized spacial score (nSPS) is 13.2. The molecule has 0 bridgehead atoms. The maximum Gasteiger partial charge on any atom is 0.239 e. The molecule has 0 aromatic carbocycles. The summed E-state index contributed by atoms with van der Waals surface area (Å²) in [5.74, 6) is 0. The van der Waals surface area contributed by atoms with E-state index in [0.717, 1.165) is 12.8 Å². The second-order valence-corrected chi connectivity index (χ2v) is 2.81. The van der Waals surface area contributed by atoms with Crippen molar-refractivity contribution in [1.82, 2.24) is 0 Å². The number of carbonyl (C=O) groups is 1. The van der Waals surface area contributed by atoms with E-state index in [0.29, 0.717) is 6.42 Å². The standard InChI is InChI=1S/C6H10Cl2O/c1-2-3-4-5(7)6(8)9/h5H,2-4H2,1H3. The highest BCUT2D eigenvalue weighted by Gasteiger charge is 2.10. The molecule has 3 heteroatoms. The van der Waals surface area contributed by atoms with Crippen molar-refractivity contribution >= 4 is 28.4 Å². The minimum Gasteiger partial charge on any atom is -0.280 e. The summed E-state index contributed by atoms with van der Waals surface area (Å²) in [6.07, 6.45) is 2.71. The molecule has 54 valence electrons. The van der Waals surface area contributed by atoms with E-state index in [4.69, 9.17) is 23.2 Å². The number of carbonyl (C=O) groups excluding carboxylic acids is 1. The minimum absolute atomic E-state index is 0.440. The SMILES string of the molecule is CCCCC(Cl)C(=O)Cl. The predicted octanol–water partition coefficient (Wildman–Crippen LogP) is 2.55. The number of alkyl halides is 1.